The number of nitrogens with zero attached hydrogens (tertiary/aromatic N) is 1. The SMILES string of the molecule is CCCOc1c(I)cc(/C=C(\C#N)c2ccc(OC)c(OC)c2)cc1OC. The minimum Gasteiger partial charge on any atom is -0.493 e. The van der Waals surface area contributed by atoms with Crippen molar-refractivity contribution >= 4 is 34.2 Å². The van der Waals surface area contributed by atoms with Crippen molar-refractivity contribution in [1.29, 1.82) is 5.26 Å². The summed E-state index contributed by atoms with van der Waals surface area (Å²) in [4.78, 5) is 0. The van der Waals surface area contributed by atoms with E-state index in [9.17, 15) is 5.26 Å². The highest BCUT2D eigenvalue weighted by Crippen LogP contribution is 2.36. The summed E-state index contributed by atoms with van der Waals surface area (Å²) in [5, 5.41) is 9.65. The second-order valence-electron chi connectivity index (χ2n) is 5.62. The molecule has 0 N–H and O–H groups in total. The lowest BCUT2D eigenvalue weighted by molar-refractivity contribution is 0.292. The molecule has 6 heteroatoms. The molecule has 0 aliphatic rings. The zero-order chi connectivity index (χ0) is 19.8. The number of allylic oxidation sites excluding steroid dienone is 1. The number of halogens is 1. The van der Waals surface area contributed by atoms with Gasteiger partial charge >= 0.3 is 0 Å². The van der Waals surface area contributed by atoms with Crippen molar-refractivity contribution in [3.05, 3.63) is 45.0 Å². The third-order valence-corrected chi connectivity index (χ3v) is 4.63. The number of nitriles is 1. The maximum absolute atomic E-state index is 9.65. The van der Waals surface area contributed by atoms with Crippen molar-refractivity contribution in [2.45, 2.75) is 13.3 Å². The molecule has 27 heavy (non-hydrogen) atoms. The van der Waals surface area contributed by atoms with Gasteiger partial charge in [-0.05, 0) is 76.5 Å². The van der Waals surface area contributed by atoms with Crippen LogP contribution in [0.25, 0.3) is 11.6 Å². The lowest BCUT2D eigenvalue weighted by Crippen LogP contribution is -2.00. The minimum absolute atomic E-state index is 0.510. The maximum Gasteiger partial charge on any atom is 0.174 e. The Morgan fingerprint density at radius 3 is 2.33 bits per heavy atom. The Morgan fingerprint density at radius 2 is 1.74 bits per heavy atom. The summed E-state index contributed by atoms with van der Waals surface area (Å²) >= 11 is 2.22. The van der Waals surface area contributed by atoms with E-state index in [2.05, 4.69) is 35.6 Å². The highest BCUT2D eigenvalue weighted by molar-refractivity contribution is 14.1. The molecule has 0 fully saturated rings. The molecule has 5 nitrogen and oxygen atoms in total. The van der Waals surface area contributed by atoms with Crippen LogP contribution in [-0.2, 0) is 0 Å². The number of ether oxygens (including phenoxy) is 4. The van der Waals surface area contributed by atoms with Crippen LogP contribution in [-0.4, -0.2) is 27.9 Å². The molecule has 2 aromatic carbocycles. The summed E-state index contributed by atoms with van der Waals surface area (Å²) in [6.45, 7) is 2.68. The van der Waals surface area contributed by atoms with Crippen molar-refractivity contribution in [2.24, 2.45) is 0 Å². The molecule has 0 spiro atoms. The van der Waals surface area contributed by atoms with E-state index in [-0.39, 0.29) is 0 Å². The fourth-order valence-corrected chi connectivity index (χ4v) is 3.30. The van der Waals surface area contributed by atoms with E-state index >= 15 is 0 Å². The molecule has 142 valence electrons. The average Bonchev–Trinajstić information content (AvgIpc) is 2.70. The van der Waals surface area contributed by atoms with Crippen LogP contribution >= 0.6 is 22.6 Å². The molecule has 0 aromatic heterocycles. The van der Waals surface area contributed by atoms with E-state index in [1.165, 1.54) is 0 Å². The Labute approximate surface area is 173 Å². The molecule has 2 aromatic rings. The van der Waals surface area contributed by atoms with Crippen LogP contribution in [0.1, 0.15) is 24.5 Å². The molecule has 0 atom stereocenters. The lowest BCUT2D eigenvalue weighted by Gasteiger charge is -2.13. The van der Waals surface area contributed by atoms with E-state index in [1.807, 2.05) is 24.3 Å². The van der Waals surface area contributed by atoms with Crippen molar-refractivity contribution in [1.82, 2.24) is 0 Å². The fraction of sp³-hybridized carbons (Fsp3) is 0.286. The van der Waals surface area contributed by atoms with E-state index in [0.29, 0.717) is 29.4 Å². The summed E-state index contributed by atoms with van der Waals surface area (Å²) in [7, 11) is 4.76. The van der Waals surface area contributed by atoms with Gasteiger partial charge in [-0.25, -0.2) is 0 Å². The van der Waals surface area contributed by atoms with Crippen LogP contribution in [0.3, 0.4) is 0 Å². The molecule has 0 radical (unpaired) electrons. The van der Waals surface area contributed by atoms with Gasteiger partial charge in [-0.2, -0.15) is 5.26 Å². The average molecular weight is 479 g/mol. The van der Waals surface area contributed by atoms with Gasteiger partial charge in [0.25, 0.3) is 0 Å². The normalized spacial score (nSPS) is 10.9. The van der Waals surface area contributed by atoms with Crippen molar-refractivity contribution in [2.75, 3.05) is 27.9 Å². The Morgan fingerprint density at radius 1 is 1.04 bits per heavy atom. The zero-order valence-corrected chi connectivity index (χ0v) is 18.0. The van der Waals surface area contributed by atoms with Crippen molar-refractivity contribution in [3.63, 3.8) is 0 Å². The third kappa shape index (κ3) is 5.07. The van der Waals surface area contributed by atoms with E-state index in [4.69, 9.17) is 18.9 Å². The van der Waals surface area contributed by atoms with Crippen molar-refractivity contribution < 1.29 is 18.9 Å². The smallest absolute Gasteiger partial charge is 0.174 e. The maximum atomic E-state index is 9.65. The lowest BCUT2D eigenvalue weighted by atomic mass is 10.0. The van der Waals surface area contributed by atoms with E-state index in [1.54, 1.807) is 33.5 Å². The highest BCUT2D eigenvalue weighted by Gasteiger charge is 2.13. The molecule has 0 saturated heterocycles. The predicted molar refractivity (Wildman–Crippen MR) is 115 cm³/mol. The predicted octanol–water partition coefficient (Wildman–Crippen LogP) is 5.17. The van der Waals surface area contributed by atoms with Gasteiger partial charge in [0.05, 0.1) is 43.1 Å². The Hall–Kier alpha value is -2.40. The molecule has 0 aliphatic heterocycles. The summed E-state index contributed by atoms with van der Waals surface area (Å²) < 4.78 is 22.8. The number of rotatable bonds is 8. The highest BCUT2D eigenvalue weighted by atomic mass is 127. The van der Waals surface area contributed by atoms with Gasteiger partial charge < -0.3 is 18.9 Å². The number of methoxy groups -OCH3 is 3. The monoisotopic (exact) mass is 479 g/mol. The molecule has 0 amide bonds. The van der Waals surface area contributed by atoms with E-state index < -0.39 is 0 Å². The van der Waals surface area contributed by atoms with Crippen LogP contribution in [0.15, 0.2) is 30.3 Å². The second-order valence-corrected chi connectivity index (χ2v) is 6.78. The molecule has 0 unspecified atom stereocenters. The Bertz CT molecular complexity index is 871. The Balaban J connectivity index is 2.46. The van der Waals surface area contributed by atoms with Gasteiger partial charge in [-0.3, -0.25) is 0 Å². The Kier molecular flexibility index (Phi) is 7.80. The van der Waals surface area contributed by atoms with Gasteiger partial charge in [-0.1, -0.05) is 6.92 Å². The first-order valence-electron chi connectivity index (χ1n) is 8.42. The molecule has 0 saturated carbocycles. The summed E-state index contributed by atoms with van der Waals surface area (Å²) in [6.07, 6.45) is 2.73. The van der Waals surface area contributed by atoms with Gasteiger partial charge in [0.15, 0.2) is 23.0 Å². The largest absolute Gasteiger partial charge is 0.493 e. The molecular formula is C21H22INO4. The molecule has 0 heterocycles. The van der Waals surface area contributed by atoms with Gasteiger partial charge in [0.1, 0.15) is 0 Å². The number of hydrogen-bond donors (Lipinski definition) is 0. The van der Waals surface area contributed by atoms with Crippen LogP contribution in [0.2, 0.25) is 0 Å². The standard InChI is InChI=1S/C21H22INO4/c1-5-8-27-21-17(22)10-14(11-20(21)26-4)9-16(13-23)15-6-7-18(24-2)19(12-15)25-3/h6-7,9-12H,5,8H2,1-4H3/b16-9+. The quantitative estimate of drug-likeness (QED) is 0.297. The molecule has 0 aliphatic carbocycles. The first-order valence-corrected chi connectivity index (χ1v) is 9.50. The van der Waals surface area contributed by atoms with Crippen LogP contribution in [0.5, 0.6) is 23.0 Å². The van der Waals surface area contributed by atoms with Gasteiger partial charge in [0.2, 0.25) is 0 Å². The first-order chi connectivity index (χ1) is 13.1. The molecular weight excluding hydrogens is 457 g/mol. The number of benzene rings is 2. The summed E-state index contributed by atoms with van der Waals surface area (Å²) in [5.41, 5.74) is 2.11. The van der Waals surface area contributed by atoms with E-state index in [0.717, 1.165) is 26.9 Å². The summed E-state index contributed by atoms with van der Waals surface area (Å²) in [5.74, 6) is 2.56. The minimum atomic E-state index is 0.510. The second kappa shape index (κ2) is 10.1. The molecule has 0 bridgehead atoms. The van der Waals surface area contributed by atoms with Crippen LogP contribution < -0.4 is 18.9 Å². The van der Waals surface area contributed by atoms with Gasteiger partial charge in [-0.15, -0.1) is 0 Å². The van der Waals surface area contributed by atoms with Crippen molar-refractivity contribution in [3.8, 4) is 29.1 Å². The fourth-order valence-electron chi connectivity index (χ4n) is 2.52. The topological polar surface area (TPSA) is 60.7 Å². The van der Waals surface area contributed by atoms with Crippen LogP contribution in [0, 0.1) is 14.9 Å². The first kappa shape index (κ1) is 20.9. The third-order valence-electron chi connectivity index (χ3n) is 3.83. The van der Waals surface area contributed by atoms with Crippen LogP contribution in [0.4, 0.5) is 0 Å². The summed E-state index contributed by atoms with van der Waals surface area (Å²) in [6, 6.07) is 11.5. The van der Waals surface area contributed by atoms with Gasteiger partial charge in [0, 0.05) is 0 Å². The zero-order valence-electron chi connectivity index (χ0n) is 15.8. The number of hydrogen-bond acceptors (Lipinski definition) is 5. The molecule has 2 rings (SSSR count).